The van der Waals surface area contributed by atoms with E-state index in [9.17, 15) is 5.11 Å². The van der Waals surface area contributed by atoms with E-state index in [0.29, 0.717) is 13.4 Å². The first-order valence-electron chi connectivity index (χ1n) is 7.83. The SMILES string of the molecule is OCC(CN1CC2OCOC2C1)OCCN1CCOCC1. The first kappa shape index (κ1) is 15.6. The minimum absolute atomic E-state index is 0.0522. The Balaban J connectivity index is 1.33. The van der Waals surface area contributed by atoms with Crippen LogP contribution < -0.4 is 0 Å². The molecule has 0 aromatic rings. The Labute approximate surface area is 125 Å². The molecule has 3 unspecified atom stereocenters. The molecule has 21 heavy (non-hydrogen) atoms. The highest BCUT2D eigenvalue weighted by atomic mass is 16.7. The Morgan fingerprint density at radius 1 is 1.10 bits per heavy atom. The lowest BCUT2D eigenvalue weighted by Gasteiger charge is -2.28. The summed E-state index contributed by atoms with van der Waals surface area (Å²) in [5, 5.41) is 9.48. The van der Waals surface area contributed by atoms with Crippen LogP contribution in [0.1, 0.15) is 0 Å². The van der Waals surface area contributed by atoms with Crippen LogP contribution in [-0.2, 0) is 18.9 Å². The monoisotopic (exact) mass is 302 g/mol. The van der Waals surface area contributed by atoms with Crippen molar-refractivity contribution in [2.75, 3.05) is 72.5 Å². The summed E-state index contributed by atoms with van der Waals surface area (Å²) in [7, 11) is 0. The minimum Gasteiger partial charge on any atom is -0.394 e. The summed E-state index contributed by atoms with van der Waals surface area (Å²) < 4.78 is 22.1. The van der Waals surface area contributed by atoms with Crippen LogP contribution in [0, 0.1) is 0 Å². The Kier molecular flexibility index (Phi) is 5.82. The predicted molar refractivity (Wildman–Crippen MR) is 75.1 cm³/mol. The van der Waals surface area contributed by atoms with Crippen molar-refractivity contribution in [1.29, 1.82) is 0 Å². The molecule has 3 atom stereocenters. The summed E-state index contributed by atoms with van der Waals surface area (Å²) in [5.74, 6) is 0. The van der Waals surface area contributed by atoms with Crippen molar-refractivity contribution in [3.05, 3.63) is 0 Å². The summed E-state index contributed by atoms with van der Waals surface area (Å²) in [4.78, 5) is 4.59. The Bertz CT molecular complexity index is 302. The smallest absolute Gasteiger partial charge is 0.147 e. The molecule has 0 spiro atoms. The molecular formula is C14H26N2O5. The maximum absolute atomic E-state index is 9.48. The number of likely N-dealkylation sites (tertiary alicyclic amines) is 1. The van der Waals surface area contributed by atoms with Gasteiger partial charge in [0.15, 0.2) is 0 Å². The molecule has 0 bridgehead atoms. The van der Waals surface area contributed by atoms with Gasteiger partial charge in [0, 0.05) is 39.3 Å². The first-order chi connectivity index (χ1) is 10.3. The molecule has 3 rings (SSSR count). The van der Waals surface area contributed by atoms with Crippen molar-refractivity contribution >= 4 is 0 Å². The van der Waals surface area contributed by atoms with Gasteiger partial charge in [-0.05, 0) is 0 Å². The lowest BCUT2D eigenvalue weighted by molar-refractivity contribution is -0.0347. The molecule has 0 radical (unpaired) electrons. The molecule has 3 aliphatic heterocycles. The third kappa shape index (κ3) is 4.35. The van der Waals surface area contributed by atoms with Crippen LogP contribution in [0.15, 0.2) is 0 Å². The minimum atomic E-state index is -0.134. The van der Waals surface area contributed by atoms with Crippen LogP contribution in [0.2, 0.25) is 0 Å². The molecule has 3 heterocycles. The molecule has 3 fully saturated rings. The van der Waals surface area contributed by atoms with Crippen molar-refractivity contribution < 1.29 is 24.1 Å². The van der Waals surface area contributed by atoms with Crippen molar-refractivity contribution in [3.8, 4) is 0 Å². The molecule has 0 aromatic carbocycles. The van der Waals surface area contributed by atoms with Crippen molar-refractivity contribution in [1.82, 2.24) is 9.80 Å². The second-order valence-electron chi connectivity index (χ2n) is 5.88. The standard InChI is InChI=1S/C14H26N2O5/c17-10-12(19-6-3-15-1-4-18-5-2-15)7-16-8-13-14(9-16)21-11-20-13/h12-14,17H,1-11H2. The fourth-order valence-electron chi connectivity index (χ4n) is 3.13. The van der Waals surface area contributed by atoms with Crippen molar-refractivity contribution in [3.63, 3.8) is 0 Å². The van der Waals surface area contributed by atoms with E-state index in [-0.39, 0.29) is 24.9 Å². The summed E-state index contributed by atoms with van der Waals surface area (Å²) >= 11 is 0. The predicted octanol–water partition coefficient (Wildman–Crippen LogP) is -1.25. The average molecular weight is 302 g/mol. The third-order valence-corrected chi connectivity index (χ3v) is 4.39. The quantitative estimate of drug-likeness (QED) is 0.631. The van der Waals surface area contributed by atoms with E-state index < -0.39 is 0 Å². The van der Waals surface area contributed by atoms with Crippen LogP contribution in [-0.4, -0.2) is 106 Å². The Hall–Kier alpha value is -0.280. The number of fused-ring (bicyclic) bond motifs is 1. The van der Waals surface area contributed by atoms with E-state index in [2.05, 4.69) is 9.80 Å². The Morgan fingerprint density at radius 2 is 1.81 bits per heavy atom. The van der Waals surface area contributed by atoms with Crippen LogP contribution >= 0.6 is 0 Å². The van der Waals surface area contributed by atoms with E-state index in [1.807, 2.05) is 0 Å². The molecular weight excluding hydrogens is 276 g/mol. The van der Waals surface area contributed by atoms with E-state index >= 15 is 0 Å². The molecule has 0 aliphatic carbocycles. The maximum atomic E-state index is 9.48. The molecule has 3 saturated heterocycles. The number of aliphatic hydroxyl groups excluding tert-OH is 1. The molecule has 7 nitrogen and oxygen atoms in total. The van der Waals surface area contributed by atoms with E-state index in [1.165, 1.54) is 0 Å². The van der Waals surface area contributed by atoms with Crippen molar-refractivity contribution in [2.24, 2.45) is 0 Å². The van der Waals surface area contributed by atoms with Gasteiger partial charge in [0.05, 0.1) is 32.5 Å². The Morgan fingerprint density at radius 3 is 2.48 bits per heavy atom. The van der Waals surface area contributed by atoms with E-state index in [0.717, 1.165) is 52.5 Å². The second-order valence-corrected chi connectivity index (χ2v) is 5.88. The van der Waals surface area contributed by atoms with Gasteiger partial charge in [-0.3, -0.25) is 9.80 Å². The molecule has 1 N–H and O–H groups in total. The molecule has 0 aromatic heterocycles. The summed E-state index contributed by atoms with van der Waals surface area (Å²) in [5.41, 5.74) is 0. The van der Waals surface area contributed by atoms with Crippen LogP contribution in [0.4, 0.5) is 0 Å². The van der Waals surface area contributed by atoms with Gasteiger partial charge in [0.1, 0.15) is 19.0 Å². The zero-order valence-electron chi connectivity index (χ0n) is 12.5. The topological polar surface area (TPSA) is 63.6 Å². The summed E-state index contributed by atoms with van der Waals surface area (Å²) in [6.45, 7) is 8.05. The van der Waals surface area contributed by atoms with Gasteiger partial charge in [-0.25, -0.2) is 0 Å². The lowest BCUT2D eigenvalue weighted by Crippen LogP contribution is -2.40. The van der Waals surface area contributed by atoms with Crippen LogP contribution in [0.25, 0.3) is 0 Å². The third-order valence-electron chi connectivity index (χ3n) is 4.39. The highest BCUT2D eigenvalue weighted by Crippen LogP contribution is 2.22. The van der Waals surface area contributed by atoms with E-state index in [4.69, 9.17) is 18.9 Å². The van der Waals surface area contributed by atoms with Gasteiger partial charge in [0.25, 0.3) is 0 Å². The van der Waals surface area contributed by atoms with Gasteiger partial charge in [-0.15, -0.1) is 0 Å². The zero-order chi connectivity index (χ0) is 14.5. The average Bonchev–Trinajstić information content (AvgIpc) is 3.08. The summed E-state index contributed by atoms with van der Waals surface area (Å²) in [6, 6.07) is 0. The summed E-state index contributed by atoms with van der Waals surface area (Å²) in [6.07, 6.45) is 0.250. The number of nitrogens with zero attached hydrogens (tertiary/aromatic N) is 2. The maximum Gasteiger partial charge on any atom is 0.147 e. The van der Waals surface area contributed by atoms with Crippen molar-refractivity contribution in [2.45, 2.75) is 18.3 Å². The molecule has 0 amide bonds. The normalized spacial score (nSPS) is 32.4. The van der Waals surface area contributed by atoms with Gasteiger partial charge in [-0.2, -0.15) is 0 Å². The van der Waals surface area contributed by atoms with Gasteiger partial charge >= 0.3 is 0 Å². The largest absolute Gasteiger partial charge is 0.394 e. The van der Waals surface area contributed by atoms with E-state index in [1.54, 1.807) is 0 Å². The highest BCUT2D eigenvalue weighted by molar-refractivity contribution is 4.89. The molecule has 0 saturated carbocycles. The number of aliphatic hydroxyl groups is 1. The highest BCUT2D eigenvalue weighted by Gasteiger charge is 2.38. The number of rotatable bonds is 7. The molecule has 3 aliphatic rings. The van der Waals surface area contributed by atoms with Gasteiger partial charge < -0.3 is 24.1 Å². The second kappa shape index (κ2) is 7.82. The van der Waals surface area contributed by atoms with Crippen LogP contribution in [0.5, 0.6) is 0 Å². The lowest BCUT2D eigenvalue weighted by atomic mass is 10.3. The van der Waals surface area contributed by atoms with Gasteiger partial charge in [-0.1, -0.05) is 0 Å². The number of ether oxygens (including phenoxy) is 4. The first-order valence-corrected chi connectivity index (χ1v) is 7.83. The molecule has 7 heteroatoms. The fraction of sp³-hybridized carbons (Fsp3) is 1.00. The van der Waals surface area contributed by atoms with Gasteiger partial charge in [0.2, 0.25) is 0 Å². The fourth-order valence-corrected chi connectivity index (χ4v) is 3.13. The molecule has 122 valence electrons. The number of morpholine rings is 1. The number of hydrogen-bond donors (Lipinski definition) is 1. The number of hydrogen-bond acceptors (Lipinski definition) is 7. The zero-order valence-corrected chi connectivity index (χ0v) is 12.5. The van der Waals surface area contributed by atoms with Crippen LogP contribution in [0.3, 0.4) is 0 Å².